The van der Waals surface area contributed by atoms with Crippen LogP contribution in [-0.4, -0.2) is 54.5 Å². The van der Waals surface area contributed by atoms with Gasteiger partial charge in [-0.25, -0.2) is 14.6 Å². The Morgan fingerprint density at radius 2 is 1.74 bits per heavy atom. The number of ketones is 1. The first kappa shape index (κ1) is 25.6. The number of nitrogens with one attached hydrogen (secondary N) is 1. The van der Waals surface area contributed by atoms with Crippen molar-refractivity contribution >= 4 is 28.5 Å². The minimum atomic E-state index is -0.00839. The molecule has 0 saturated carbocycles. The maximum atomic E-state index is 12.7. The largest absolute Gasteiger partial charge is 0.341 e. The number of benzene rings is 1. The van der Waals surface area contributed by atoms with Gasteiger partial charge in [0, 0.05) is 48.7 Å². The van der Waals surface area contributed by atoms with Crippen LogP contribution in [0.3, 0.4) is 0 Å². The average Bonchev–Trinajstić information content (AvgIpc) is 3.37. The topological polar surface area (TPSA) is 114 Å². The van der Waals surface area contributed by atoms with Crippen LogP contribution in [0.25, 0.3) is 22.3 Å². The molecule has 1 N–H and O–H groups in total. The highest BCUT2D eigenvalue weighted by atomic mass is 16.1. The van der Waals surface area contributed by atoms with Gasteiger partial charge in [0.2, 0.25) is 5.95 Å². The Morgan fingerprint density at radius 3 is 2.42 bits per heavy atom. The predicted octanol–water partition coefficient (Wildman–Crippen LogP) is 5.31. The van der Waals surface area contributed by atoms with Gasteiger partial charge in [-0.05, 0) is 74.4 Å². The zero-order valence-corrected chi connectivity index (χ0v) is 22.5. The Morgan fingerprint density at radius 1 is 1.00 bits per heavy atom. The first-order valence-electron chi connectivity index (χ1n) is 13.4. The van der Waals surface area contributed by atoms with E-state index in [4.69, 9.17) is 10.4 Å². The molecule has 9 heteroatoms. The lowest BCUT2D eigenvalue weighted by Crippen LogP contribution is -2.36. The SMILES string of the molecule is CCC(=N)CC(=O)c1cc(C)c(-c2cc3nnn(C4CCN(c5ncc(CC)cn5)CC4)c3cn2)cc1C. The third-order valence-corrected chi connectivity index (χ3v) is 7.50. The lowest BCUT2D eigenvalue weighted by molar-refractivity contribution is 0.0999. The minimum absolute atomic E-state index is 0.00839. The fourth-order valence-corrected chi connectivity index (χ4v) is 5.07. The molecule has 196 valence electrons. The van der Waals surface area contributed by atoms with Crippen molar-refractivity contribution in [1.29, 1.82) is 5.41 Å². The number of anilines is 1. The van der Waals surface area contributed by atoms with Crippen molar-refractivity contribution in [3.8, 4) is 11.3 Å². The molecule has 0 radical (unpaired) electrons. The number of piperidine rings is 1. The molecule has 0 spiro atoms. The second-order valence-corrected chi connectivity index (χ2v) is 10.1. The van der Waals surface area contributed by atoms with Crippen molar-refractivity contribution in [1.82, 2.24) is 29.9 Å². The fourth-order valence-electron chi connectivity index (χ4n) is 5.07. The maximum Gasteiger partial charge on any atom is 0.225 e. The van der Waals surface area contributed by atoms with Crippen molar-refractivity contribution in [2.24, 2.45) is 0 Å². The van der Waals surface area contributed by atoms with E-state index >= 15 is 0 Å². The molecule has 0 aliphatic carbocycles. The first-order valence-corrected chi connectivity index (χ1v) is 13.4. The molecule has 9 nitrogen and oxygen atoms in total. The van der Waals surface area contributed by atoms with Crippen LogP contribution >= 0.6 is 0 Å². The Balaban J connectivity index is 1.33. The quantitative estimate of drug-likeness (QED) is 0.252. The number of hydrogen-bond donors (Lipinski definition) is 1. The molecule has 1 aliphatic rings. The maximum absolute atomic E-state index is 12.7. The highest BCUT2D eigenvalue weighted by molar-refractivity contribution is 6.09. The van der Waals surface area contributed by atoms with E-state index in [9.17, 15) is 4.79 Å². The summed E-state index contributed by atoms with van der Waals surface area (Å²) in [5.41, 5.74) is 7.67. The summed E-state index contributed by atoms with van der Waals surface area (Å²) in [4.78, 5) is 28.8. The van der Waals surface area contributed by atoms with E-state index in [0.717, 1.165) is 77.3 Å². The molecule has 4 aromatic rings. The molecule has 4 heterocycles. The van der Waals surface area contributed by atoms with Crippen molar-refractivity contribution in [3.63, 3.8) is 0 Å². The van der Waals surface area contributed by atoms with Crippen LogP contribution in [0.5, 0.6) is 0 Å². The Kier molecular flexibility index (Phi) is 7.26. The van der Waals surface area contributed by atoms with Crippen molar-refractivity contribution in [2.75, 3.05) is 18.0 Å². The summed E-state index contributed by atoms with van der Waals surface area (Å²) in [7, 11) is 0. The molecule has 0 bridgehead atoms. The van der Waals surface area contributed by atoms with Gasteiger partial charge in [-0.3, -0.25) is 9.78 Å². The number of aryl methyl sites for hydroxylation is 3. The number of pyridine rings is 1. The highest BCUT2D eigenvalue weighted by Crippen LogP contribution is 2.30. The summed E-state index contributed by atoms with van der Waals surface area (Å²) >= 11 is 0. The molecule has 3 aromatic heterocycles. The molecule has 5 rings (SSSR count). The Bertz CT molecular complexity index is 1480. The third-order valence-electron chi connectivity index (χ3n) is 7.50. The van der Waals surface area contributed by atoms with Gasteiger partial charge in [0.05, 0.1) is 17.9 Å². The molecular weight excluding hydrogens is 476 g/mol. The summed E-state index contributed by atoms with van der Waals surface area (Å²) in [6, 6.07) is 6.16. The monoisotopic (exact) mass is 510 g/mol. The molecule has 0 amide bonds. The highest BCUT2D eigenvalue weighted by Gasteiger charge is 2.25. The molecule has 0 unspecified atom stereocenters. The van der Waals surface area contributed by atoms with Crippen LogP contribution in [0.15, 0.2) is 36.8 Å². The lowest BCUT2D eigenvalue weighted by atomic mass is 9.93. The average molecular weight is 511 g/mol. The van der Waals surface area contributed by atoms with E-state index in [1.165, 1.54) is 0 Å². The number of nitrogens with zero attached hydrogens (tertiary/aromatic N) is 7. The number of carbonyl (C=O) groups is 1. The zero-order valence-electron chi connectivity index (χ0n) is 22.5. The minimum Gasteiger partial charge on any atom is -0.341 e. The second kappa shape index (κ2) is 10.8. The first-order chi connectivity index (χ1) is 18.4. The van der Waals surface area contributed by atoms with Crippen LogP contribution in [-0.2, 0) is 6.42 Å². The van der Waals surface area contributed by atoms with Crippen LogP contribution in [0.4, 0.5) is 5.95 Å². The zero-order chi connectivity index (χ0) is 26.8. The molecular formula is C29H34N8O. The van der Waals surface area contributed by atoms with Crippen molar-refractivity contribution in [2.45, 2.75) is 65.8 Å². The molecule has 38 heavy (non-hydrogen) atoms. The van der Waals surface area contributed by atoms with E-state index in [0.29, 0.717) is 17.7 Å². The normalized spacial score (nSPS) is 14.3. The Hall–Kier alpha value is -4.01. The van der Waals surface area contributed by atoms with E-state index in [-0.39, 0.29) is 18.2 Å². The Labute approximate surface area is 222 Å². The number of aromatic nitrogens is 6. The van der Waals surface area contributed by atoms with E-state index in [1.807, 2.05) is 62.2 Å². The number of Topliss-reactive ketones (excluding diaryl/α,β-unsaturated/α-hetero) is 1. The van der Waals surface area contributed by atoms with Crippen LogP contribution < -0.4 is 4.90 Å². The van der Waals surface area contributed by atoms with Gasteiger partial charge in [0.1, 0.15) is 11.0 Å². The standard InChI is InChI=1S/C29H34N8O/c1-5-20-15-32-29(33-16-20)36-9-7-22(8-10-36)37-27-17-31-25(14-26(27)34-35-37)23-11-19(4)24(12-18(23)3)28(38)13-21(30)6-2/h11-12,14-17,22,30H,5-10,13H2,1-4H3. The van der Waals surface area contributed by atoms with Gasteiger partial charge in [-0.1, -0.05) is 19.1 Å². The van der Waals surface area contributed by atoms with Crippen molar-refractivity contribution < 1.29 is 4.79 Å². The van der Waals surface area contributed by atoms with Crippen LogP contribution in [0.1, 0.15) is 72.6 Å². The molecule has 1 aromatic carbocycles. The van der Waals surface area contributed by atoms with Crippen LogP contribution in [0, 0.1) is 19.3 Å². The lowest BCUT2D eigenvalue weighted by Gasteiger charge is -2.32. The number of fused-ring (bicyclic) bond motifs is 1. The van der Waals surface area contributed by atoms with Gasteiger partial charge in [0.15, 0.2) is 5.78 Å². The summed E-state index contributed by atoms with van der Waals surface area (Å²) in [5.74, 6) is 0.781. The fraction of sp³-hybridized carbons (Fsp3) is 0.414. The summed E-state index contributed by atoms with van der Waals surface area (Å²) in [6.45, 7) is 9.67. The van der Waals surface area contributed by atoms with E-state index in [2.05, 4.69) is 32.1 Å². The molecule has 1 saturated heterocycles. The van der Waals surface area contributed by atoms with Gasteiger partial charge in [-0.2, -0.15) is 0 Å². The van der Waals surface area contributed by atoms with E-state index < -0.39 is 0 Å². The summed E-state index contributed by atoms with van der Waals surface area (Å²) in [6.07, 6.45) is 9.25. The number of carbonyl (C=O) groups excluding carboxylic acids is 1. The van der Waals surface area contributed by atoms with Gasteiger partial charge < -0.3 is 10.3 Å². The smallest absolute Gasteiger partial charge is 0.225 e. The third kappa shape index (κ3) is 5.05. The number of rotatable bonds is 8. The summed E-state index contributed by atoms with van der Waals surface area (Å²) in [5, 5.41) is 16.9. The number of hydrogen-bond acceptors (Lipinski definition) is 8. The molecule has 1 fully saturated rings. The van der Waals surface area contributed by atoms with Crippen molar-refractivity contribution in [3.05, 3.63) is 59.0 Å². The second-order valence-electron chi connectivity index (χ2n) is 10.1. The predicted molar refractivity (Wildman–Crippen MR) is 149 cm³/mol. The molecule has 0 atom stereocenters. The van der Waals surface area contributed by atoms with Crippen LogP contribution in [0.2, 0.25) is 0 Å². The summed E-state index contributed by atoms with van der Waals surface area (Å²) < 4.78 is 2.01. The van der Waals surface area contributed by atoms with Gasteiger partial charge >= 0.3 is 0 Å². The van der Waals surface area contributed by atoms with E-state index in [1.54, 1.807) is 0 Å². The molecule has 1 aliphatic heterocycles. The van der Waals surface area contributed by atoms with Gasteiger partial charge in [0.25, 0.3) is 0 Å². The van der Waals surface area contributed by atoms with Gasteiger partial charge in [-0.15, -0.1) is 5.10 Å².